The zero-order chi connectivity index (χ0) is 21.1. The van der Waals surface area contributed by atoms with Gasteiger partial charge in [0.05, 0.1) is 0 Å². The molecule has 0 bridgehead atoms. The van der Waals surface area contributed by atoms with Crippen LogP contribution < -0.4 is 9.47 Å². The number of aryl methyl sites for hydroxylation is 2. The van der Waals surface area contributed by atoms with E-state index in [1.54, 1.807) is 12.4 Å². The van der Waals surface area contributed by atoms with E-state index in [0.29, 0.717) is 35.4 Å². The van der Waals surface area contributed by atoms with Crippen molar-refractivity contribution in [2.24, 2.45) is 0 Å². The van der Waals surface area contributed by atoms with Gasteiger partial charge in [0.25, 0.3) is 0 Å². The fraction of sp³-hybridized carbons (Fsp3) is 0.167. The molecule has 0 fully saturated rings. The highest BCUT2D eigenvalue weighted by Gasteiger charge is 2.16. The lowest BCUT2D eigenvalue weighted by Crippen LogP contribution is -2.08. The van der Waals surface area contributed by atoms with Gasteiger partial charge in [-0.1, -0.05) is 36.4 Å². The molecule has 2 aromatic heterocycles. The Hall–Kier alpha value is -3.80. The second-order valence-corrected chi connectivity index (χ2v) is 6.95. The van der Waals surface area contributed by atoms with Gasteiger partial charge in [0.15, 0.2) is 11.5 Å². The molecule has 0 radical (unpaired) electrons. The minimum absolute atomic E-state index is 0.398. The van der Waals surface area contributed by atoms with Gasteiger partial charge in [0, 0.05) is 37.0 Å². The van der Waals surface area contributed by atoms with Crippen molar-refractivity contribution in [1.29, 1.82) is 0 Å². The van der Waals surface area contributed by atoms with Crippen LogP contribution in [0.15, 0.2) is 60.9 Å². The quantitative estimate of drug-likeness (QED) is 0.365. The lowest BCUT2D eigenvalue weighted by atomic mass is 10.00. The summed E-state index contributed by atoms with van der Waals surface area (Å²) in [5.41, 5.74) is 2.99. The number of pyridine rings is 2. The second-order valence-electron chi connectivity index (χ2n) is 6.95. The van der Waals surface area contributed by atoms with Crippen molar-refractivity contribution in [2.45, 2.75) is 26.7 Å². The van der Waals surface area contributed by atoms with E-state index >= 15 is 0 Å². The van der Waals surface area contributed by atoms with Gasteiger partial charge in [-0.15, -0.1) is 0 Å². The second kappa shape index (κ2) is 8.29. The number of fused-ring (bicyclic) bond motifs is 2. The number of benzene rings is 2. The monoisotopic (exact) mass is 400 g/mol. The minimum Gasteiger partial charge on any atom is -0.424 e. The largest absolute Gasteiger partial charge is 0.424 e. The van der Waals surface area contributed by atoms with E-state index < -0.39 is 11.9 Å². The van der Waals surface area contributed by atoms with Crippen molar-refractivity contribution < 1.29 is 19.1 Å². The van der Waals surface area contributed by atoms with Crippen LogP contribution in [0.2, 0.25) is 0 Å². The lowest BCUT2D eigenvalue weighted by Gasteiger charge is -2.14. The zero-order valence-electron chi connectivity index (χ0n) is 16.7. The van der Waals surface area contributed by atoms with Crippen LogP contribution in [0.25, 0.3) is 21.8 Å². The minimum atomic E-state index is -0.398. The number of carbonyl (C=O) groups is 2. The molecule has 150 valence electrons. The first-order valence-electron chi connectivity index (χ1n) is 9.63. The number of nitrogens with zero attached hydrogens (tertiary/aromatic N) is 2. The molecule has 0 atom stereocenters. The average molecular weight is 400 g/mol. The standard InChI is InChI=1S/C24H20N2O4/c1-15(27)29-23-19(9-7-17-5-3-13-25-21(17)23)11-12-20-10-8-18-6-4-14-26-22(18)24(20)30-16(2)28/h3-10,13-14H,11-12H2,1-2H3. The Labute approximate surface area is 173 Å². The molecule has 4 rings (SSSR count). The van der Waals surface area contributed by atoms with Crippen LogP contribution in [0, 0.1) is 0 Å². The Balaban J connectivity index is 1.73. The molecule has 0 saturated carbocycles. The van der Waals surface area contributed by atoms with E-state index in [1.807, 2.05) is 48.5 Å². The predicted octanol–water partition coefficient (Wildman–Crippen LogP) is 4.42. The third-order valence-electron chi connectivity index (χ3n) is 4.77. The Morgan fingerprint density at radius 2 is 1.13 bits per heavy atom. The molecule has 2 heterocycles. The van der Waals surface area contributed by atoms with Crippen LogP contribution in [0.4, 0.5) is 0 Å². The molecule has 0 amide bonds. The topological polar surface area (TPSA) is 78.4 Å². The maximum Gasteiger partial charge on any atom is 0.308 e. The average Bonchev–Trinajstić information content (AvgIpc) is 2.73. The molecule has 0 unspecified atom stereocenters. The first-order valence-corrected chi connectivity index (χ1v) is 9.63. The molecule has 4 aromatic rings. The number of hydrogen-bond donors (Lipinski definition) is 0. The summed E-state index contributed by atoms with van der Waals surface area (Å²) >= 11 is 0. The molecule has 6 nitrogen and oxygen atoms in total. The Morgan fingerprint density at radius 1 is 0.700 bits per heavy atom. The van der Waals surface area contributed by atoms with Crippen molar-refractivity contribution in [2.75, 3.05) is 0 Å². The molecule has 0 saturated heterocycles. The van der Waals surface area contributed by atoms with Gasteiger partial charge < -0.3 is 9.47 Å². The summed E-state index contributed by atoms with van der Waals surface area (Å²) in [5.74, 6) is 0.136. The van der Waals surface area contributed by atoms with Crippen LogP contribution in [-0.2, 0) is 22.4 Å². The van der Waals surface area contributed by atoms with Crippen LogP contribution in [-0.4, -0.2) is 21.9 Å². The van der Waals surface area contributed by atoms with Crippen molar-refractivity contribution in [3.05, 3.63) is 72.1 Å². The summed E-state index contributed by atoms with van der Waals surface area (Å²) in [4.78, 5) is 32.2. The van der Waals surface area contributed by atoms with Gasteiger partial charge in [-0.05, 0) is 36.1 Å². The van der Waals surface area contributed by atoms with Crippen LogP contribution in [0.3, 0.4) is 0 Å². The number of aromatic nitrogens is 2. The third-order valence-corrected chi connectivity index (χ3v) is 4.77. The van der Waals surface area contributed by atoms with Crippen LogP contribution in [0.5, 0.6) is 11.5 Å². The highest BCUT2D eigenvalue weighted by atomic mass is 16.5. The summed E-state index contributed by atoms with van der Waals surface area (Å²) in [6.07, 6.45) is 4.49. The Bertz CT molecular complexity index is 1170. The summed E-state index contributed by atoms with van der Waals surface area (Å²) < 4.78 is 11.0. The van der Waals surface area contributed by atoms with E-state index in [2.05, 4.69) is 9.97 Å². The van der Waals surface area contributed by atoms with E-state index in [9.17, 15) is 9.59 Å². The smallest absolute Gasteiger partial charge is 0.308 e. The molecule has 0 N–H and O–H groups in total. The van der Waals surface area contributed by atoms with Crippen LogP contribution >= 0.6 is 0 Å². The van der Waals surface area contributed by atoms with Gasteiger partial charge in [-0.2, -0.15) is 0 Å². The molecular weight excluding hydrogens is 380 g/mol. The summed E-state index contributed by atoms with van der Waals surface area (Å²) in [5, 5.41) is 1.79. The summed E-state index contributed by atoms with van der Waals surface area (Å²) in [7, 11) is 0. The summed E-state index contributed by atoms with van der Waals surface area (Å²) in [6.45, 7) is 2.75. The SMILES string of the molecule is CC(=O)Oc1c(CCc2ccc3cccnc3c2OC(C)=O)ccc2cccnc12. The number of carbonyl (C=O) groups excluding carboxylic acids is 2. The van der Waals surface area contributed by atoms with Crippen molar-refractivity contribution in [1.82, 2.24) is 9.97 Å². The maximum atomic E-state index is 11.7. The fourth-order valence-electron chi connectivity index (χ4n) is 3.50. The fourth-order valence-corrected chi connectivity index (χ4v) is 3.50. The molecular formula is C24H20N2O4. The number of ether oxygens (including phenoxy) is 2. The van der Waals surface area contributed by atoms with E-state index in [-0.39, 0.29) is 0 Å². The van der Waals surface area contributed by atoms with Crippen molar-refractivity contribution in [3.8, 4) is 11.5 Å². The van der Waals surface area contributed by atoms with Gasteiger partial charge >= 0.3 is 11.9 Å². The molecule has 0 aliphatic heterocycles. The first kappa shape index (κ1) is 19.5. The van der Waals surface area contributed by atoms with E-state index in [4.69, 9.17) is 9.47 Å². The summed E-state index contributed by atoms with van der Waals surface area (Å²) in [6, 6.07) is 15.3. The lowest BCUT2D eigenvalue weighted by molar-refractivity contribution is -0.132. The highest BCUT2D eigenvalue weighted by molar-refractivity contribution is 5.89. The maximum absolute atomic E-state index is 11.7. The van der Waals surface area contributed by atoms with Gasteiger partial charge in [-0.25, -0.2) is 0 Å². The molecule has 6 heteroatoms. The van der Waals surface area contributed by atoms with Gasteiger partial charge in [-0.3, -0.25) is 19.6 Å². The Morgan fingerprint density at radius 3 is 1.53 bits per heavy atom. The molecule has 30 heavy (non-hydrogen) atoms. The normalized spacial score (nSPS) is 10.9. The molecule has 0 aliphatic carbocycles. The number of hydrogen-bond acceptors (Lipinski definition) is 6. The highest BCUT2D eigenvalue weighted by Crippen LogP contribution is 2.33. The third kappa shape index (κ3) is 3.98. The van der Waals surface area contributed by atoms with Gasteiger partial charge in [0.2, 0.25) is 0 Å². The molecule has 0 spiro atoms. The Kier molecular flexibility index (Phi) is 5.39. The number of esters is 2. The van der Waals surface area contributed by atoms with Crippen LogP contribution in [0.1, 0.15) is 25.0 Å². The van der Waals surface area contributed by atoms with Gasteiger partial charge in [0.1, 0.15) is 11.0 Å². The van der Waals surface area contributed by atoms with Crippen molar-refractivity contribution in [3.63, 3.8) is 0 Å². The first-order chi connectivity index (χ1) is 14.5. The van der Waals surface area contributed by atoms with E-state index in [1.165, 1.54) is 13.8 Å². The van der Waals surface area contributed by atoms with E-state index in [0.717, 1.165) is 21.9 Å². The number of rotatable bonds is 5. The molecule has 2 aromatic carbocycles. The van der Waals surface area contributed by atoms with Crippen molar-refractivity contribution >= 4 is 33.7 Å². The molecule has 0 aliphatic rings. The zero-order valence-corrected chi connectivity index (χ0v) is 16.7. The predicted molar refractivity (Wildman–Crippen MR) is 114 cm³/mol.